The van der Waals surface area contributed by atoms with E-state index in [1.807, 2.05) is 0 Å². The van der Waals surface area contributed by atoms with Crippen LogP contribution in [0.25, 0.3) is 11.1 Å². The molecule has 1 amide bonds. The third-order valence-electron chi connectivity index (χ3n) is 4.06. The average molecular weight is 371 g/mol. The molecule has 1 heterocycles. The molecular weight excluding hydrogens is 354 g/mol. The normalized spacial score (nSPS) is 14.5. The molecule has 2 N–H and O–H groups in total. The Balaban J connectivity index is 1.56. The Kier molecular flexibility index (Phi) is 4.01. The maximum Gasteiger partial charge on any atom is 0.255 e. The smallest absolute Gasteiger partial charge is 0.255 e. The molecule has 26 heavy (non-hydrogen) atoms. The standard InChI is InChI=1S/C18H17N3O4S/c1-11-19-16-10-14(7-8-17(16)25-11)20-18(22)12-3-2-4-15(9-12)26(23,24)21-13-5-6-13/h2-4,7-10,13,21H,5-6H2,1H3,(H,20,22). The van der Waals surface area contributed by atoms with Crippen molar-refractivity contribution in [2.45, 2.75) is 30.7 Å². The molecule has 4 rings (SSSR count). The van der Waals surface area contributed by atoms with Crippen LogP contribution in [0.3, 0.4) is 0 Å². The van der Waals surface area contributed by atoms with E-state index >= 15 is 0 Å². The molecule has 0 bridgehead atoms. The first-order chi connectivity index (χ1) is 12.4. The number of amides is 1. The quantitative estimate of drug-likeness (QED) is 0.718. The van der Waals surface area contributed by atoms with Crippen LogP contribution in [0.4, 0.5) is 5.69 Å². The fourth-order valence-corrected chi connectivity index (χ4v) is 3.97. The first kappa shape index (κ1) is 16.7. The van der Waals surface area contributed by atoms with Gasteiger partial charge < -0.3 is 9.73 Å². The molecule has 7 nitrogen and oxygen atoms in total. The van der Waals surface area contributed by atoms with E-state index < -0.39 is 15.9 Å². The lowest BCUT2D eigenvalue weighted by Gasteiger charge is -2.08. The summed E-state index contributed by atoms with van der Waals surface area (Å²) in [5.74, 6) is 0.151. The summed E-state index contributed by atoms with van der Waals surface area (Å²) >= 11 is 0. The predicted octanol–water partition coefficient (Wildman–Crippen LogP) is 2.83. The zero-order chi connectivity index (χ0) is 18.3. The third kappa shape index (κ3) is 3.47. The van der Waals surface area contributed by atoms with Crippen molar-refractivity contribution < 1.29 is 17.6 Å². The first-order valence-corrected chi connectivity index (χ1v) is 9.70. The minimum Gasteiger partial charge on any atom is -0.441 e. The summed E-state index contributed by atoms with van der Waals surface area (Å²) in [7, 11) is -3.60. The van der Waals surface area contributed by atoms with E-state index in [0.717, 1.165) is 12.8 Å². The lowest BCUT2D eigenvalue weighted by Crippen LogP contribution is -2.26. The number of carbonyl (C=O) groups is 1. The Labute approximate surface area is 150 Å². The maximum absolute atomic E-state index is 12.5. The first-order valence-electron chi connectivity index (χ1n) is 8.22. The van der Waals surface area contributed by atoms with Crippen LogP contribution < -0.4 is 10.0 Å². The van der Waals surface area contributed by atoms with Gasteiger partial charge in [-0.2, -0.15) is 0 Å². The largest absolute Gasteiger partial charge is 0.441 e. The molecule has 1 fully saturated rings. The van der Waals surface area contributed by atoms with Gasteiger partial charge >= 0.3 is 0 Å². The number of fused-ring (bicyclic) bond motifs is 1. The van der Waals surface area contributed by atoms with Crippen molar-refractivity contribution in [2.24, 2.45) is 0 Å². The topological polar surface area (TPSA) is 101 Å². The van der Waals surface area contributed by atoms with Gasteiger partial charge in [0.25, 0.3) is 5.91 Å². The third-order valence-corrected chi connectivity index (χ3v) is 5.58. The monoisotopic (exact) mass is 371 g/mol. The molecule has 1 aliphatic carbocycles. The second-order valence-electron chi connectivity index (χ2n) is 6.29. The summed E-state index contributed by atoms with van der Waals surface area (Å²) in [5, 5.41) is 2.76. The summed E-state index contributed by atoms with van der Waals surface area (Å²) in [6.45, 7) is 1.75. The van der Waals surface area contributed by atoms with Crippen molar-refractivity contribution in [3.8, 4) is 0 Å². The molecule has 1 aromatic heterocycles. The number of nitrogens with zero attached hydrogens (tertiary/aromatic N) is 1. The van der Waals surface area contributed by atoms with Gasteiger partial charge in [-0.25, -0.2) is 18.1 Å². The van der Waals surface area contributed by atoms with Gasteiger partial charge in [-0.05, 0) is 49.2 Å². The molecule has 0 saturated heterocycles. The van der Waals surface area contributed by atoms with E-state index in [9.17, 15) is 13.2 Å². The summed E-state index contributed by atoms with van der Waals surface area (Å²) < 4.78 is 32.6. The van der Waals surface area contributed by atoms with Crippen LogP contribution in [0, 0.1) is 6.92 Å². The molecule has 0 atom stereocenters. The van der Waals surface area contributed by atoms with Crippen LogP contribution in [0.5, 0.6) is 0 Å². The van der Waals surface area contributed by atoms with Crippen molar-refractivity contribution in [1.29, 1.82) is 0 Å². The fraction of sp³-hybridized carbons (Fsp3) is 0.222. The minimum absolute atomic E-state index is 0.00938. The summed E-state index contributed by atoms with van der Waals surface area (Å²) in [4.78, 5) is 16.8. The highest BCUT2D eigenvalue weighted by Gasteiger charge is 2.28. The number of oxazole rings is 1. The zero-order valence-electron chi connectivity index (χ0n) is 14.0. The van der Waals surface area contributed by atoms with E-state index in [0.29, 0.717) is 22.7 Å². The van der Waals surface area contributed by atoms with Crippen molar-refractivity contribution in [2.75, 3.05) is 5.32 Å². The van der Waals surface area contributed by atoms with Crippen molar-refractivity contribution in [3.05, 3.63) is 53.9 Å². The fourth-order valence-electron chi connectivity index (χ4n) is 2.62. The van der Waals surface area contributed by atoms with E-state index in [4.69, 9.17) is 4.42 Å². The Morgan fingerprint density at radius 1 is 1.19 bits per heavy atom. The average Bonchev–Trinajstić information content (AvgIpc) is 3.32. The van der Waals surface area contributed by atoms with E-state index in [2.05, 4.69) is 15.0 Å². The Bertz CT molecular complexity index is 1100. The summed E-state index contributed by atoms with van der Waals surface area (Å²) in [6.07, 6.45) is 1.70. The molecule has 1 aliphatic rings. The van der Waals surface area contributed by atoms with Crippen LogP contribution in [0.15, 0.2) is 51.8 Å². The van der Waals surface area contributed by atoms with Gasteiger partial charge in [-0.15, -0.1) is 0 Å². The number of anilines is 1. The Morgan fingerprint density at radius 2 is 2.00 bits per heavy atom. The molecule has 0 radical (unpaired) electrons. The van der Waals surface area contributed by atoms with Crippen LogP contribution in [0.1, 0.15) is 29.1 Å². The Hall–Kier alpha value is -2.71. The molecule has 0 unspecified atom stereocenters. The molecule has 0 aliphatic heterocycles. The van der Waals surface area contributed by atoms with Crippen LogP contribution in [0.2, 0.25) is 0 Å². The number of aryl methyl sites for hydroxylation is 1. The van der Waals surface area contributed by atoms with Crippen LogP contribution in [-0.2, 0) is 10.0 Å². The Morgan fingerprint density at radius 3 is 2.77 bits per heavy atom. The van der Waals surface area contributed by atoms with Crippen LogP contribution in [-0.4, -0.2) is 25.4 Å². The summed E-state index contributed by atoms with van der Waals surface area (Å²) in [6, 6.07) is 11.1. The van der Waals surface area contributed by atoms with Gasteiger partial charge in [0.2, 0.25) is 10.0 Å². The zero-order valence-corrected chi connectivity index (χ0v) is 14.8. The molecule has 3 aromatic rings. The van der Waals surface area contributed by atoms with Crippen molar-refractivity contribution >= 4 is 32.7 Å². The highest BCUT2D eigenvalue weighted by molar-refractivity contribution is 7.89. The maximum atomic E-state index is 12.5. The molecule has 0 spiro atoms. The number of carbonyl (C=O) groups excluding carboxylic acids is 1. The minimum atomic E-state index is -3.60. The second kappa shape index (κ2) is 6.22. The molecular formula is C18H17N3O4S. The molecule has 2 aromatic carbocycles. The second-order valence-corrected chi connectivity index (χ2v) is 8.01. The van der Waals surface area contributed by atoms with E-state index in [-0.39, 0.29) is 16.5 Å². The van der Waals surface area contributed by atoms with Gasteiger partial charge in [0.15, 0.2) is 11.5 Å². The summed E-state index contributed by atoms with van der Waals surface area (Å²) in [5.41, 5.74) is 2.10. The van der Waals surface area contributed by atoms with E-state index in [1.165, 1.54) is 12.1 Å². The highest BCUT2D eigenvalue weighted by Crippen LogP contribution is 2.23. The molecule has 1 saturated carbocycles. The van der Waals surface area contributed by atoms with Crippen molar-refractivity contribution in [3.63, 3.8) is 0 Å². The van der Waals surface area contributed by atoms with Crippen LogP contribution >= 0.6 is 0 Å². The number of hydrogen-bond acceptors (Lipinski definition) is 5. The number of rotatable bonds is 5. The SMILES string of the molecule is Cc1nc2cc(NC(=O)c3cccc(S(=O)(=O)NC4CC4)c3)ccc2o1. The van der Waals surface area contributed by atoms with Gasteiger partial charge in [0.05, 0.1) is 4.90 Å². The number of nitrogens with one attached hydrogen (secondary N) is 2. The van der Waals surface area contributed by atoms with E-state index in [1.54, 1.807) is 37.3 Å². The van der Waals surface area contributed by atoms with Gasteiger partial charge in [0.1, 0.15) is 5.52 Å². The lowest BCUT2D eigenvalue weighted by atomic mass is 10.2. The number of sulfonamides is 1. The number of benzene rings is 2. The lowest BCUT2D eigenvalue weighted by molar-refractivity contribution is 0.102. The highest BCUT2D eigenvalue weighted by atomic mass is 32.2. The van der Waals surface area contributed by atoms with Gasteiger partial charge in [0, 0.05) is 24.2 Å². The van der Waals surface area contributed by atoms with Crippen molar-refractivity contribution in [1.82, 2.24) is 9.71 Å². The van der Waals surface area contributed by atoms with Gasteiger partial charge in [-0.3, -0.25) is 4.79 Å². The predicted molar refractivity (Wildman–Crippen MR) is 96.5 cm³/mol. The number of hydrogen-bond donors (Lipinski definition) is 2. The van der Waals surface area contributed by atoms with Gasteiger partial charge in [-0.1, -0.05) is 6.07 Å². The molecule has 134 valence electrons. The number of aromatic nitrogens is 1. The molecule has 8 heteroatoms.